The van der Waals surface area contributed by atoms with Gasteiger partial charge in [0.05, 0.1) is 12.8 Å². The van der Waals surface area contributed by atoms with Crippen LogP contribution in [0.15, 0.2) is 9.90 Å². The molecular weight excluding hydrogens is 402 g/mol. The molecule has 1 aliphatic rings. The topological polar surface area (TPSA) is 123 Å². The number of aromatic amines is 1. The summed E-state index contributed by atoms with van der Waals surface area (Å²) in [4.78, 5) is 37.5. The van der Waals surface area contributed by atoms with Crippen LogP contribution in [0.25, 0.3) is 0 Å². The summed E-state index contributed by atoms with van der Waals surface area (Å²) in [5.74, 6) is -0.577. The van der Waals surface area contributed by atoms with Crippen LogP contribution in [0.5, 0.6) is 5.88 Å². The molecule has 0 spiro atoms. The fourth-order valence-corrected chi connectivity index (χ4v) is 3.98. The molecule has 9 heteroatoms. The molecule has 1 aromatic heterocycles. The van der Waals surface area contributed by atoms with Crippen LogP contribution in [0, 0.1) is 5.92 Å². The summed E-state index contributed by atoms with van der Waals surface area (Å²) >= 11 is 0. The van der Waals surface area contributed by atoms with Crippen molar-refractivity contribution >= 4 is 18.2 Å². The minimum absolute atomic E-state index is 0.186. The fraction of sp³-hybridized carbons (Fsp3) is 0.727. The van der Waals surface area contributed by atoms with E-state index in [2.05, 4.69) is 10.1 Å². The van der Waals surface area contributed by atoms with Gasteiger partial charge in [-0.25, -0.2) is 4.79 Å². The van der Waals surface area contributed by atoms with Gasteiger partial charge in [-0.05, 0) is 39.0 Å². The second-order valence-corrected chi connectivity index (χ2v) is 7.99. The predicted molar refractivity (Wildman–Crippen MR) is 116 cm³/mol. The molecule has 1 fully saturated rings. The van der Waals surface area contributed by atoms with Crippen LogP contribution in [0.3, 0.4) is 0 Å². The lowest BCUT2D eigenvalue weighted by Crippen LogP contribution is -2.30. The van der Waals surface area contributed by atoms with Crippen molar-refractivity contribution in [3.8, 4) is 5.88 Å². The number of carbonyl (C=O) groups excluding carboxylic acids is 2. The third-order valence-corrected chi connectivity index (χ3v) is 5.54. The summed E-state index contributed by atoms with van der Waals surface area (Å²) in [6, 6.07) is 0. The maximum Gasteiger partial charge on any atom is 0.349 e. The van der Waals surface area contributed by atoms with E-state index in [1.807, 2.05) is 0 Å². The second-order valence-electron chi connectivity index (χ2n) is 7.99. The van der Waals surface area contributed by atoms with E-state index in [4.69, 9.17) is 9.47 Å². The highest BCUT2D eigenvalue weighted by Gasteiger charge is 2.25. The number of hydrogen-bond acceptors (Lipinski definition) is 7. The highest BCUT2D eigenvalue weighted by atomic mass is 16.5. The average molecular weight is 438 g/mol. The Morgan fingerprint density at radius 3 is 2.61 bits per heavy atom. The number of nitrogens with one attached hydrogen (secondary N) is 1. The molecule has 1 unspecified atom stereocenters. The maximum atomic E-state index is 12.2. The van der Waals surface area contributed by atoms with E-state index in [0.717, 1.165) is 56.0 Å². The number of rotatable bonds is 12. The molecule has 31 heavy (non-hydrogen) atoms. The Morgan fingerprint density at radius 2 is 1.94 bits per heavy atom. The summed E-state index contributed by atoms with van der Waals surface area (Å²) in [7, 11) is 0. The number of ether oxygens (including phenoxy) is 2. The largest absolute Gasteiger partial charge is 0.493 e. The molecule has 9 nitrogen and oxygen atoms in total. The van der Waals surface area contributed by atoms with Crippen molar-refractivity contribution in [1.82, 2.24) is 9.66 Å². The predicted octanol–water partition coefficient (Wildman–Crippen LogP) is 3.28. The van der Waals surface area contributed by atoms with Crippen LogP contribution in [-0.2, 0) is 25.5 Å². The SMILES string of the molecule is CCOC(=O)CCCCCCc1c(O)[nH]c(=O)n1N=CC(OC(C)=O)C1CCCCC1. The lowest BCUT2D eigenvalue weighted by Gasteiger charge is -2.27. The van der Waals surface area contributed by atoms with Crippen LogP contribution in [0.1, 0.15) is 83.7 Å². The molecule has 1 saturated carbocycles. The van der Waals surface area contributed by atoms with E-state index in [-0.39, 0.29) is 23.7 Å². The van der Waals surface area contributed by atoms with Gasteiger partial charge in [-0.2, -0.15) is 9.78 Å². The Morgan fingerprint density at radius 1 is 1.23 bits per heavy atom. The average Bonchev–Trinajstić information content (AvgIpc) is 3.00. The minimum atomic E-state index is -0.531. The quantitative estimate of drug-likeness (QED) is 0.294. The van der Waals surface area contributed by atoms with Gasteiger partial charge in [0.1, 0.15) is 11.8 Å². The van der Waals surface area contributed by atoms with E-state index < -0.39 is 11.8 Å². The molecule has 0 radical (unpaired) electrons. The summed E-state index contributed by atoms with van der Waals surface area (Å²) in [6.45, 7) is 3.54. The summed E-state index contributed by atoms with van der Waals surface area (Å²) < 4.78 is 11.5. The van der Waals surface area contributed by atoms with Crippen molar-refractivity contribution in [2.45, 2.75) is 90.6 Å². The first kappa shape index (κ1) is 24.7. The molecule has 1 aromatic rings. The highest BCUT2D eigenvalue weighted by molar-refractivity contribution is 5.72. The number of carbonyl (C=O) groups is 2. The van der Waals surface area contributed by atoms with Gasteiger partial charge in [-0.1, -0.05) is 32.1 Å². The molecule has 1 atom stereocenters. The van der Waals surface area contributed by atoms with E-state index in [1.54, 1.807) is 6.92 Å². The molecular formula is C22H35N3O6. The van der Waals surface area contributed by atoms with Crippen molar-refractivity contribution in [1.29, 1.82) is 0 Å². The van der Waals surface area contributed by atoms with Gasteiger partial charge in [0.15, 0.2) is 0 Å². The smallest absolute Gasteiger partial charge is 0.349 e. The van der Waals surface area contributed by atoms with Crippen molar-refractivity contribution in [3.63, 3.8) is 0 Å². The van der Waals surface area contributed by atoms with E-state index in [0.29, 0.717) is 25.1 Å². The lowest BCUT2D eigenvalue weighted by molar-refractivity contribution is -0.145. The van der Waals surface area contributed by atoms with Crippen LogP contribution in [0.4, 0.5) is 0 Å². The summed E-state index contributed by atoms with van der Waals surface area (Å²) in [6.07, 6.45) is 10.3. The Kier molecular flexibility index (Phi) is 10.3. The number of hydrogen-bond donors (Lipinski definition) is 2. The molecule has 174 valence electrons. The molecule has 2 rings (SSSR count). The van der Waals surface area contributed by atoms with E-state index in [1.165, 1.54) is 19.6 Å². The van der Waals surface area contributed by atoms with Crippen molar-refractivity contribution in [2.75, 3.05) is 6.61 Å². The fourth-order valence-electron chi connectivity index (χ4n) is 3.98. The van der Waals surface area contributed by atoms with E-state index in [9.17, 15) is 19.5 Å². The van der Waals surface area contributed by atoms with Crippen LogP contribution in [0.2, 0.25) is 0 Å². The zero-order valence-electron chi connectivity index (χ0n) is 18.6. The van der Waals surface area contributed by atoms with Crippen LogP contribution >= 0.6 is 0 Å². The standard InChI is InChI=1S/C22H35N3O6/c1-3-30-20(27)14-10-5-4-9-13-18-21(28)24-22(29)25(18)23-15-19(31-16(2)26)17-11-7-6-8-12-17/h15,17,19,28H,3-14H2,1-2H3,(H,24,29). The van der Waals surface area contributed by atoms with Gasteiger partial charge in [-0.3, -0.25) is 14.6 Å². The Hall–Kier alpha value is -2.58. The second kappa shape index (κ2) is 13.0. The molecule has 0 saturated heterocycles. The first-order chi connectivity index (χ1) is 14.9. The number of esters is 2. The molecule has 1 heterocycles. The lowest BCUT2D eigenvalue weighted by atomic mass is 9.85. The first-order valence-corrected chi connectivity index (χ1v) is 11.3. The van der Waals surface area contributed by atoms with Crippen LogP contribution < -0.4 is 5.69 Å². The van der Waals surface area contributed by atoms with Gasteiger partial charge in [0.25, 0.3) is 0 Å². The number of H-pyrrole nitrogens is 1. The van der Waals surface area contributed by atoms with Crippen LogP contribution in [-0.4, -0.2) is 45.6 Å². The van der Waals surface area contributed by atoms with E-state index >= 15 is 0 Å². The molecule has 0 aliphatic heterocycles. The van der Waals surface area contributed by atoms with Gasteiger partial charge in [0, 0.05) is 19.3 Å². The zero-order chi connectivity index (χ0) is 22.6. The third-order valence-electron chi connectivity index (χ3n) is 5.54. The van der Waals surface area contributed by atoms with Gasteiger partial charge in [-0.15, -0.1) is 0 Å². The zero-order valence-corrected chi connectivity index (χ0v) is 18.6. The third kappa shape index (κ3) is 8.22. The van der Waals surface area contributed by atoms with Gasteiger partial charge < -0.3 is 14.6 Å². The number of nitrogens with zero attached hydrogens (tertiary/aromatic N) is 2. The Labute approximate surface area is 182 Å². The number of unbranched alkanes of at least 4 members (excludes halogenated alkanes) is 3. The van der Waals surface area contributed by atoms with Gasteiger partial charge >= 0.3 is 17.6 Å². The molecule has 0 bridgehead atoms. The Bertz CT molecular complexity index is 792. The highest BCUT2D eigenvalue weighted by Crippen LogP contribution is 2.27. The van der Waals surface area contributed by atoms with Crippen molar-refractivity contribution in [3.05, 3.63) is 16.2 Å². The summed E-state index contributed by atoms with van der Waals surface area (Å²) in [5, 5.41) is 14.4. The number of imidazole rings is 1. The van der Waals surface area contributed by atoms with Crippen molar-refractivity contribution < 1.29 is 24.2 Å². The Balaban J connectivity index is 1.95. The molecule has 2 N–H and O–H groups in total. The van der Waals surface area contributed by atoms with Gasteiger partial charge in [0.2, 0.25) is 5.88 Å². The molecule has 0 aromatic carbocycles. The first-order valence-electron chi connectivity index (χ1n) is 11.3. The van der Waals surface area contributed by atoms with Crippen molar-refractivity contribution in [2.24, 2.45) is 11.0 Å². The number of aromatic hydroxyl groups is 1. The normalized spacial score (nSPS) is 15.8. The molecule has 1 aliphatic carbocycles. The summed E-state index contributed by atoms with van der Waals surface area (Å²) in [5.41, 5.74) is -0.131. The monoisotopic (exact) mass is 437 g/mol. The number of aromatic nitrogens is 2. The maximum absolute atomic E-state index is 12.2. The molecule has 0 amide bonds. The minimum Gasteiger partial charge on any atom is -0.493 e.